The molecule has 0 spiro atoms. The van der Waals surface area contributed by atoms with E-state index < -0.39 is 0 Å². The number of aliphatic hydroxyl groups is 1. The van der Waals surface area contributed by atoms with Gasteiger partial charge in [-0.15, -0.1) is 24.0 Å². The van der Waals surface area contributed by atoms with Crippen molar-refractivity contribution < 1.29 is 9.90 Å². The zero-order valence-electron chi connectivity index (χ0n) is 18.1. The molecular formula is C24H33IN4O2. The number of aliphatic hydroxyl groups excluding tert-OH is 1. The number of carbonyl (C=O) groups is 1. The second kappa shape index (κ2) is 13.3. The Labute approximate surface area is 202 Å². The Morgan fingerprint density at radius 3 is 2.42 bits per heavy atom. The topological polar surface area (TPSA) is 77.0 Å². The fourth-order valence-electron chi connectivity index (χ4n) is 3.59. The molecule has 31 heavy (non-hydrogen) atoms. The van der Waals surface area contributed by atoms with Gasteiger partial charge in [-0.25, -0.2) is 4.99 Å². The van der Waals surface area contributed by atoms with Crippen molar-refractivity contribution in [3.63, 3.8) is 0 Å². The van der Waals surface area contributed by atoms with Gasteiger partial charge in [-0.05, 0) is 30.0 Å². The van der Waals surface area contributed by atoms with Crippen LogP contribution in [0.5, 0.6) is 0 Å². The van der Waals surface area contributed by atoms with Gasteiger partial charge in [0, 0.05) is 38.5 Å². The SMILES string of the molecule is CCNC(=NCc1ccc(CN2CCCC2=O)cc1)NCC(CO)c1ccccc1.I. The zero-order chi connectivity index (χ0) is 21.2. The Bertz CT molecular complexity index is 827. The van der Waals surface area contributed by atoms with Crippen molar-refractivity contribution in [1.82, 2.24) is 15.5 Å². The fourth-order valence-corrected chi connectivity index (χ4v) is 3.59. The van der Waals surface area contributed by atoms with E-state index in [0.29, 0.717) is 26.1 Å². The van der Waals surface area contributed by atoms with E-state index in [0.717, 1.165) is 42.2 Å². The Hall–Kier alpha value is -2.13. The lowest BCUT2D eigenvalue weighted by atomic mass is 10.0. The summed E-state index contributed by atoms with van der Waals surface area (Å²) in [6.45, 7) is 5.60. The molecule has 3 N–H and O–H groups in total. The molecule has 1 unspecified atom stereocenters. The third-order valence-corrected chi connectivity index (χ3v) is 5.34. The second-order valence-electron chi connectivity index (χ2n) is 7.60. The molecule has 0 aromatic heterocycles. The van der Waals surface area contributed by atoms with Gasteiger partial charge in [0.25, 0.3) is 0 Å². The minimum atomic E-state index is 0. The van der Waals surface area contributed by atoms with Crippen LogP contribution in [0.25, 0.3) is 0 Å². The van der Waals surface area contributed by atoms with Crippen LogP contribution in [0.1, 0.15) is 42.4 Å². The third-order valence-electron chi connectivity index (χ3n) is 5.34. The van der Waals surface area contributed by atoms with Crippen LogP contribution in [0.3, 0.4) is 0 Å². The van der Waals surface area contributed by atoms with Crippen molar-refractivity contribution >= 4 is 35.8 Å². The molecule has 168 valence electrons. The standard InChI is InChI=1S/C24H32N4O2.HI/c1-2-25-24(27-16-22(18-29)21-7-4-3-5-8-21)26-15-19-10-12-20(13-11-19)17-28-14-6-9-23(28)30;/h3-5,7-8,10-13,22,29H,2,6,9,14-18H2,1H3,(H2,25,26,27);1H. The predicted octanol–water partition coefficient (Wildman–Crippen LogP) is 3.26. The Morgan fingerprint density at radius 1 is 1.10 bits per heavy atom. The van der Waals surface area contributed by atoms with Crippen LogP contribution in [0.2, 0.25) is 0 Å². The molecule has 1 saturated heterocycles. The summed E-state index contributed by atoms with van der Waals surface area (Å²) >= 11 is 0. The molecule has 7 heteroatoms. The number of carbonyl (C=O) groups excluding carboxylic acids is 1. The van der Waals surface area contributed by atoms with Gasteiger partial charge in [-0.3, -0.25) is 4.79 Å². The molecule has 1 aliphatic heterocycles. The molecule has 1 aliphatic rings. The molecule has 0 saturated carbocycles. The van der Waals surface area contributed by atoms with E-state index in [1.54, 1.807) is 0 Å². The van der Waals surface area contributed by atoms with Gasteiger partial charge in [-0.1, -0.05) is 54.6 Å². The van der Waals surface area contributed by atoms with E-state index in [1.807, 2.05) is 42.2 Å². The summed E-state index contributed by atoms with van der Waals surface area (Å²) < 4.78 is 0. The van der Waals surface area contributed by atoms with Crippen LogP contribution in [0.4, 0.5) is 0 Å². The molecule has 2 aromatic carbocycles. The quantitative estimate of drug-likeness (QED) is 0.261. The van der Waals surface area contributed by atoms with Crippen molar-refractivity contribution in [1.29, 1.82) is 0 Å². The number of rotatable bonds is 9. The highest BCUT2D eigenvalue weighted by Crippen LogP contribution is 2.15. The number of hydrogen-bond donors (Lipinski definition) is 3. The van der Waals surface area contributed by atoms with E-state index in [4.69, 9.17) is 0 Å². The van der Waals surface area contributed by atoms with E-state index in [9.17, 15) is 9.90 Å². The van der Waals surface area contributed by atoms with Gasteiger partial charge < -0.3 is 20.6 Å². The van der Waals surface area contributed by atoms with Gasteiger partial charge in [0.05, 0.1) is 13.2 Å². The summed E-state index contributed by atoms with van der Waals surface area (Å²) in [5.74, 6) is 1.00. The monoisotopic (exact) mass is 536 g/mol. The first kappa shape index (κ1) is 25.1. The smallest absolute Gasteiger partial charge is 0.222 e. The van der Waals surface area contributed by atoms with Gasteiger partial charge in [0.2, 0.25) is 5.91 Å². The summed E-state index contributed by atoms with van der Waals surface area (Å²) in [7, 11) is 0. The summed E-state index contributed by atoms with van der Waals surface area (Å²) in [6.07, 6.45) is 1.64. The van der Waals surface area contributed by atoms with Gasteiger partial charge in [0.1, 0.15) is 0 Å². The lowest BCUT2D eigenvalue weighted by Gasteiger charge is -2.18. The highest BCUT2D eigenvalue weighted by molar-refractivity contribution is 14.0. The number of amides is 1. The van der Waals surface area contributed by atoms with Crippen LogP contribution < -0.4 is 10.6 Å². The summed E-state index contributed by atoms with van der Waals surface area (Å²) in [5, 5.41) is 16.4. The van der Waals surface area contributed by atoms with E-state index >= 15 is 0 Å². The van der Waals surface area contributed by atoms with E-state index in [1.165, 1.54) is 0 Å². The largest absolute Gasteiger partial charge is 0.396 e. The van der Waals surface area contributed by atoms with Gasteiger partial charge >= 0.3 is 0 Å². The van der Waals surface area contributed by atoms with Crippen molar-refractivity contribution in [3.05, 3.63) is 71.3 Å². The molecule has 0 radical (unpaired) electrons. The van der Waals surface area contributed by atoms with Crippen LogP contribution in [0, 0.1) is 0 Å². The van der Waals surface area contributed by atoms with Crippen molar-refractivity contribution in [3.8, 4) is 0 Å². The van der Waals surface area contributed by atoms with Gasteiger partial charge in [0.15, 0.2) is 5.96 Å². The van der Waals surface area contributed by atoms with Crippen LogP contribution in [-0.4, -0.2) is 48.1 Å². The number of guanidine groups is 1. The maximum Gasteiger partial charge on any atom is 0.222 e. The molecule has 1 fully saturated rings. The van der Waals surface area contributed by atoms with Crippen molar-refractivity contribution in [2.24, 2.45) is 4.99 Å². The molecule has 0 bridgehead atoms. The van der Waals surface area contributed by atoms with Crippen LogP contribution in [-0.2, 0) is 17.9 Å². The maximum absolute atomic E-state index is 11.8. The maximum atomic E-state index is 11.8. The first-order chi connectivity index (χ1) is 14.7. The number of nitrogens with one attached hydrogen (secondary N) is 2. The molecule has 6 nitrogen and oxygen atoms in total. The first-order valence-corrected chi connectivity index (χ1v) is 10.7. The minimum Gasteiger partial charge on any atom is -0.396 e. The summed E-state index contributed by atoms with van der Waals surface area (Å²) in [6, 6.07) is 18.3. The molecule has 1 atom stereocenters. The average molecular weight is 536 g/mol. The molecule has 0 aliphatic carbocycles. The lowest BCUT2D eigenvalue weighted by Crippen LogP contribution is -2.39. The average Bonchev–Trinajstić information content (AvgIpc) is 3.18. The molecule has 2 aromatic rings. The normalized spacial score (nSPS) is 14.8. The molecule has 3 rings (SSSR count). The molecule has 1 amide bonds. The predicted molar refractivity (Wildman–Crippen MR) is 136 cm³/mol. The summed E-state index contributed by atoms with van der Waals surface area (Å²) in [4.78, 5) is 18.4. The molecule has 1 heterocycles. The highest BCUT2D eigenvalue weighted by Gasteiger charge is 2.19. The Balaban J connectivity index is 0.00000341. The van der Waals surface area contributed by atoms with Crippen molar-refractivity contribution in [2.75, 3.05) is 26.2 Å². The number of nitrogens with zero attached hydrogens (tertiary/aromatic N) is 2. The Kier molecular flexibility index (Phi) is 10.8. The fraction of sp³-hybridized carbons (Fsp3) is 0.417. The second-order valence-corrected chi connectivity index (χ2v) is 7.60. The number of benzene rings is 2. The van der Waals surface area contributed by atoms with E-state index in [-0.39, 0.29) is 42.4 Å². The highest BCUT2D eigenvalue weighted by atomic mass is 127. The van der Waals surface area contributed by atoms with Crippen LogP contribution in [0.15, 0.2) is 59.6 Å². The number of hydrogen-bond acceptors (Lipinski definition) is 3. The number of likely N-dealkylation sites (tertiary alicyclic amines) is 1. The lowest BCUT2D eigenvalue weighted by molar-refractivity contribution is -0.128. The third kappa shape index (κ3) is 7.81. The van der Waals surface area contributed by atoms with Gasteiger partial charge in [-0.2, -0.15) is 0 Å². The number of aliphatic imine (C=N–C) groups is 1. The summed E-state index contributed by atoms with van der Waals surface area (Å²) in [5.41, 5.74) is 3.37. The number of halogens is 1. The molecular weight excluding hydrogens is 503 g/mol. The Morgan fingerprint density at radius 2 is 1.81 bits per heavy atom. The van der Waals surface area contributed by atoms with Crippen LogP contribution >= 0.6 is 24.0 Å². The minimum absolute atomic E-state index is 0. The zero-order valence-corrected chi connectivity index (χ0v) is 20.4. The first-order valence-electron chi connectivity index (χ1n) is 10.7. The van der Waals surface area contributed by atoms with Crippen molar-refractivity contribution in [2.45, 2.75) is 38.8 Å². The van der Waals surface area contributed by atoms with E-state index in [2.05, 4.69) is 39.9 Å².